The highest BCUT2D eigenvalue weighted by Gasteiger charge is 2.23. The molecule has 1 atom stereocenters. The highest BCUT2D eigenvalue weighted by Crippen LogP contribution is 2.27. The van der Waals surface area contributed by atoms with Crippen molar-refractivity contribution in [2.75, 3.05) is 7.05 Å². The van der Waals surface area contributed by atoms with E-state index in [4.69, 9.17) is 16.1 Å². The summed E-state index contributed by atoms with van der Waals surface area (Å²) in [5, 5.41) is 6.51. The molecule has 118 valence electrons. The van der Waals surface area contributed by atoms with Crippen LogP contribution in [0.4, 0.5) is 0 Å². The summed E-state index contributed by atoms with van der Waals surface area (Å²) in [5.41, 5.74) is 1.07. The van der Waals surface area contributed by atoms with E-state index in [0.717, 1.165) is 10.4 Å². The molecule has 4 nitrogen and oxygen atoms in total. The lowest BCUT2D eigenvalue weighted by Gasteiger charge is -2.22. The normalized spacial score (nSPS) is 12.1. The molecule has 2 aromatic heterocycles. The minimum Gasteiger partial charge on any atom is -0.355 e. The van der Waals surface area contributed by atoms with E-state index in [-0.39, 0.29) is 17.6 Å². The molecule has 0 aliphatic rings. The van der Waals surface area contributed by atoms with E-state index in [1.165, 1.54) is 0 Å². The number of amides is 1. The van der Waals surface area contributed by atoms with E-state index >= 15 is 0 Å². The van der Waals surface area contributed by atoms with Gasteiger partial charge in [0.25, 0.3) is 5.91 Å². The van der Waals surface area contributed by atoms with Crippen molar-refractivity contribution in [2.24, 2.45) is 0 Å². The van der Waals surface area contributed by atoms with Crippen LogP contribution in [0.1, 0.15) is 28.3 Å². The number of nitrogens with zero attached hydrogens (tertiary/aromatic N) is 2. The van der Waals surface area contributed by atoms with Crippen molar-refractivity contribution in [1.29, 1.82) is 0 Å². The molecule has 0 saturated carbocycles. The lowest BCUT2D eigenvalue weighted by Crippen LogP contribution is -2.29. The number of benzene rings is 1. The van der Waals surface area contributed by atoms with Crippen molar-refractivity contribution in [3.63, 3.8) is 0 Å². The number of hydrogen-bond donors (Lipinski definition) is 0. The standard InChI is InChI=1S/C17H15ClN2O2S/c1-11(16-7-4-8-23-16)20(2)17(21)14-10-15(22-19-14)12-5-3-6-13(18)9-12/h3-11H,1-2H3/t11-/m0/s1. The monoisotopic (exact) mass is 346 g/mol. The second kappa shape index (κ2) is 6.56. The van der Waals surface area contributed by atoms with Gasteiger partial charge in [0.1, 0.15) is 0 Å². The highest BCUT2D eigenvalue weighted by atomic mass is 35.5. The van der Waals surface area contributed by atoms with Gasteiger partial charge in [0.05, 0.1) is 6.04 Å². The Balaban J connectivity index is 1.81. The topological polar surface area (TPSA) is 46.3 Å². The molecule has 2 heterocycles. The molecule has 1 aromatic carbocycles. The van der Waals surface area contributed by atoms with E-state index in [0.29, 0.717) is 10.8 Å². The molecule has 0 saturated heterocycles. The molecule has 0 unspecified atom stereocenters. The lowest BCUT2D eigenvalue weighted by atomic mass is 10.1. The molecule has 3 aromatic rings. The third kappa shape index (κ3) is 3.30. The van der Waals surface area contributed by atoms with E-state index in [2.05, 4.69) is 5.16 Å². The molecule has 1 amide bonds. The lowest BCUT2D eigenvalue weighted by molar-refractivity contribution is 0.0734. The predicted octanol–water partition coefficient (Wildman–Crippen LogP) is 4.89. The molecular weight excluding hydrogens is 332 g/mol. The fourth-order valence-electron chi connectivity index (χ4n) is 2.23. The molecule has 0 fully saturated rings. The molecule has 23 heavy (non-hydrogen) atoms. The Morgan fingerprint density at radius 3 is 2.83 bits per heavy atom. The van der Waals surface area contributed by atoms with Crippen molar-refractivity contribution in [2.45, 2.75) is 13.0 Å². The molecular formula is C17H15ClN2O2S. The molecule has 3 rings (SSSR count). The van der Waals surface area contributed by atoms with Gasteiger partial charge in [-0.3, -0.25) is 4.79 Å². The Hall–Kier alpha value is -2.11. The average Bonchev–Trinajstić information content (AvgIpc) is 3.24. The summed E-state index contributed by atoms with van der Waals surface area (Å²) >= 11 is 7.60. The minimum atomic E-state index is -0.178. The number of thiophene rings is 1. The van der Waals surface area contributed by atoms with Crippen LogP contribution in [0.25, 0.3) is 11.3 Å². The minimum absolute atomic E-state index is 0.0196. The largest absolute Gasteiger partial charge is 0.355 e. The number of aromatic nitrogens is 1. The third-order valence-corrected chi connectivity index (χ3v) is 4.97. The Morgan fingerprint density at radius 2 is 2.13 bits per heavy atom. The number of hydrogen-bond acceptors (Lipinski definition) is 4. The number of carbonyl (C=O) groups is 1. The number of halogens is 1. The van der Waals surface area contributed by atoms with Crippen LogP contribution < -0.4 is 0 Å². The second-order valence-corrected chi connectivity index (χ2v) is 6.61. The fourth-order valence-corrected chi connectivity index (χ4v) is 3.25. The maximum atomic E-state index is 12.6. The molecule has 0 aliphatic heterocycles. The van der Waals surface area contributed by atoms with Gasteiger partial charge in [-0.1, -0.05) is 35.0 Å². The van der Waals surface area contributed by atoms with Crippen molar-refractivity contribution in [3.8, 4) is 11.3 Å². The summed E-state index contributed by atoms with van der Waals surface area (Å²) in [6.45, 7) is 1.99. The van der Waals surface area contributed by atoms with E-state index in [9.17, 15) is 4.79 Å². The van der Waals surface area contributed by atoms with Crippen molar-refractivity contribution < 1.29 is 9.32 Å². The number of carbonyl (C=O) groups excluding carboxylic acids is 1. The zero-order valence-corrected chi connectivity index (χ0v) is 14.3. The van der Waals surface area contributed by atoms with E-state index in [1.54, 1.807) is 41.5 Å². The van der Waals surface area contributed by atoms with Crippen molar-refractivity contribution in [3.05, 3.63) is 63.4 Å². The van der Waals surface area contributed by atoms with Crippen LogP contribution in [-0.4, -0.2) is 23.0 Å². The fraction of sp³-hybridized carbons (Fsp3) is 0.176. The maximum absolute atomic E-state index is 12.6. The van der Waals surface area contributed by atoms with Gasteiger partial charge < -0.3 is 9.42 Å². The summed E-state index contributed by atoms with van der Waals surface area (Å²) in [6.07, 6.45) is 0. The van der Waals surface area contributed by atoms with Crippen LogP contribution in [0.5, 0.6) is 0 Å². The summed E-state index contributed by atoms with van der Waals surface area (Å²) in [6, 6.07) is 12.9. The molecule has 0 N–H and O–H groups in total. The molecule has 0 spiro atoms. The van der Waals surface area contributed by atoms with E-state index in [1.807, 2.05) is 36.6 Å². The first-order chi connectivity index (χ1) is 11.1. The van der Waals surface area contributed by atoms with Gasteiger partial charge >= 0.3 is 0 Å². The van der Waals surface area contributed by atoms with Crippen molar-refractivity contribution >= 4 is 28.8 Å². The van der Waals surface area contributed by atoms with Crippen LogP contribution in [0, 0.1) is 0 Å². The highest BCUT2D eigenvalue weighted by molar-refractivity contribution is 7.10. The first-order valence-corrected chi connectivity index (χ1v) is 8.35. The zero-order valence-electron chi connectivity index (χ0n) is 12.7. The van der Waals surface area contributed by atoms with Gasteiger partial charge in [-0.15, -0.1) is 11.3 Å². The first-order valence-electron chi connectivity index (χ1n) is 7.09. The van der Waals surface area contributed by atoms with Crippen molar-refractivity contribution in [1.82, 2.24) is 10.1 Å². The summed E-state index contributed by atoms with van der Waals surface area (Å²) in [7, 11) is 1.76. The van der Waals surface area contributed by atoms with E-state index < -0.39 is 0 Å². The third-order valence-electron chi connectivity index (χ3n) is 3.69. The van der Waals surface area contributed by atoms with Crippen LogP contribution >= 0.6 is 22.9 Å². The van der Waals surface area contributed by atoms with Gasteiger partial charge in [-0.05, 0) is 30.5 Å². The van der Waals surface area contributed by atoms with Gasteiger partial charge in [0.15, 0.2) is 11.5 Å². The number of rotatable bonds is 4. The second-order valence-electron chi connectivity index (χ2n) is 5.19. The molecule has 0 aliphatic carbocycles. The molecule has 0 bridgehead atoms. The smallest absolute Gasteiger partial charge is 0.276 e. The summed E-state index contributed by atoms with van der Waals surface area (Å²) < 4.78 is 5.29. The SMILES string of the molecule is C[C@@H](c1cccs1)N(C)C(=O)c1cc(-c2cccc(Cl)c2)on1. The summed E-state index contributed by atoms with van der Waals surface area (Å²) in [4.78, 5) is 15.4. The zero-order chi connectivity index (χ0) is 16.4. The average molecular weight is 347 g/mol. The van der Waals surface area contributed by atoms with Crippen LogP contribution in [0.15, 0.2) is 52.4 Å². The van der Waals surface area contributed by atoms with Crippen LogP contribution in [0.2, 0.25) is 5.02 Å². The van der Waals surface area contributed by atoms with Gasteiger partial charge in [-0.2, -0.15) is 0 Å². The van der Waals surface area contributed by atoms with Gasteiger partial charge in [0, 0.05) is 28.6 Å². The Labute approximate surface area is 143 Å². The predicted molar refractivity (Wildman–Crippen MR) is 91.8 cm³/mol. The van der Waals surface area contributed by atoms with Gasteiger partial charge in [-0.25, -0.2) is 0 Å². The van der Waals surface area contributed by atoms with Crippen LogP contribution in [-0.2, 0) is 0 Å². The first kappa shape index (κ1) is 15.8. The Bertz CT molecular complexity index is 814. The maximum Gasteiger partial charge on any atom is 0.276 e. The summed E-state index contributed by atoms with van der Waals surface area (Å²) in [5.74, 6) is 0.343. The van der Waals surface area contributed by atoms with Gasteiger partial charge in [0.2, 0.25) is 0 Å². The molecule has 6 heteroatoms. The Kier molecular flexibility index (Phi) is 4.50. The Morgan fingerprint density at radius 1 is 1.30 bits per heavy atom. The molecule has 0 radical (unpaired) electrons. The quantitative estimate of drug-likeness (QED) is 0.675. The van der Waals surface area contributed by atoms with Crippen LogP contribution in [0.3, 0.4) is 0 Å².